The Morgan fingerprint density at radius 1 is 0.553 bits per heavy atom. The summed E-state index contributed by atoms with van der Waals surface area (Å²) in [5.41, 5.74) is 2.70. The van der Waals surface area contributed by atoms with Crippen LogP contribution in [0.1, 0.15) is 16.7 Å². The normalized spacial score (nSPS) is 12.8. The highest BCUT2D eigenvalue weighted by atomic mass is 32.2. The molecule has 0 spiro atoms. The molecule has 3 aromatic carbocycles. The molecule has 0 unspecified atom stereocenters. The summed E-state index contributed by atoms with van der Waals surface area (Å²) in [4.78, 5) is 0.206. The second-order valence-corrected chi connectivity index (χ2v) is 14.8. The van der Waals surface area contributed by atoms with Crippen LogP contribution in [0.2, 0.25) is 0 Å². The molecule has 0 amide bonds. The van der Waals surface area contributed by atoms with Gasteiger partial charge in [-0.2, -0.15) is 8.61 Å². The van der Waals surface area contributed by atoms with Crippen LogP contribution >= 0.6 is 0 Å². The molecule has 38 heavy (non-hydrogen) atoms. The van der Waals surface area contributed by atoms with Gasteiger partial charge in [-0.05, 0) is 57.2 Å². The fourth-order valence-electron chi connectivity index (χ4n) is 3.58. The number of rotatable bonds is 12. The SMILES string of the molecule is Cc1ccc(S(=O)(=O)NCCN(CCN(C)S(=O)(=O)c2ccc(C)cc2)S(=O)(=O)c2ccc(C)cc2)cc1. The van der Waals surface area contributed by atoms with Crippen LogP contribution < -0.4 is 4.72 Å². The Morgan fingerprint density at radius 2 is 0.947 bits per heavy atom. The molecule has 0 radical (unpaired) electrons. The molecule has 3 rings (SSSR count). The number of likely N-dealkylation sites (N-methyl/N-ethyl adjacent to an activating group) is 1. The van der Waals surface area contributed by atoms with E-state index in [1.807, 2.05) is 20.8 Å². The van der Waals surface area contributed by atoms with Crippen molar-refractivity contribution in [2.75, 3.05) is 33.2 Å². The van der Waals surface area contributed by atoms with Gasteiger partial charge >= 0.3 is 0 Å². The van der Waals surface area contributed by atoms with Gasteiger partial charge in [-0.3, -0.25) is 0 Å². The molecular weight excluding hydrogens is 547 g/mol. The minimum atomic E-state index is -4.04. The van der Waals surface area contributed by atoms with Gasteiger partial charge in [0.1, 0.15) is 0 Å². The number of nitrogens with one attached hydrogen (secondary N) is 1. The number of sulfonamides is 3. The second kappa shape index (κ2) is 12.1. The molecule has 0 saturated heterocycles. The molecule has 0 aliphatic rings. The fraction of sp³-hybridized carbons (Fsp3) is 0.308. The van der Waals surface area contributed by atoms with Crippen LogP contribution in [-0.2, 0) is 30.1 Å². The molecule has 206 valence electrons. The van der Waals surface area contributed by atoms with Crippen molar-refractivity contribution in [1.29, 1.82) is 0 Å². The van der Waals surface area contributed by atoms with Crippen LogP contribution in [0.15, 0.2) is 87.5 Å². The molecule has 0 saturated carbocycles. The zero-order valence-corrected chi connectivity index (χ0v) is 24.3. The van der Waals surface area contributed by atoms with Crippen molar-refractivity contribution in [1.82, 2.24) is 13.3 Å². The van der Waals surface area contributed by atoms with E-state index in [0.29, 0.717) is 0 Å². The van der Waals surface area contributed by atoms with E-state index in [0.717, 1.165) is 25.3 Å². The number of nitrogens with zero attached hydrogens (tertiary/aromatic N) is 2. The van der Waals surface area contributed by atoms with E-state index in [4.69, 9.17) is 0 Å². The van der Waals surface area contributed by atoms with Gasteiger partial charge in [0.25, 0.3) is 0 Å². The summed E-state index contributed by atoms with van der Waals surface area (Å²) in [5.74, 6) is 0. The largest absolute Gasteiger partial charge is 0.243 e. The lowest BCUT2D eigenvalue weighted by Crippen LogP contribution is -2.43. The van der Waals surface area contributed by atoms with E-state index in [2.05, 4.69) is 4.72 Å². The van der Waals surface area contributed by atoms with E-state index in [1.165, 1.54) is 43.4 Å². The van der Waals surface area contributed by atoms with Crippen LogP contribution in [0.3, 0.4) is 0 Å². The number of hydrogen-bond acceptors (Lipinski definition) is 6. The Balaban J connectivity index is 1.79. The number of benzene rings is 3. The molecule has 0 atom stereocenters. The first-order valence-corrected chi connectivity index (χ1v) is 16.3. The summed E-state index contributed by atoms with van der Waals surface area (Å²) in [5, 5.41) is 0. The van der Waals surface area contributed by atoms with Gasteiger partial charge in [-0.15, -0.1) is 0 Å². The molecule has 1 N–H and O–H groups in total. The first-order valence-electron chi connectivity index (χ1n) is 11.9. The van der Waals surface area contributed by atoms with Gasteiger partial charge < -0.3 is 0 Å². The van der Waals surface area contributed by atoms with Gasteiger partial charge in [0.15, 0.2) is 0 Å². The van der Waals surface area contributed by atoms with Crippen LogP contribution in [0, 0.1) is 20.8 Å². The second-order valence-electron chi connectivity index (χ2n) is 9.07. The van der Waals surface area contributed by atoms with Crippen molar-refractivity contribution in [2.24, 2.45) is 0 Å². The summed E-state index contributed by atoms with van der Waals surface area (Å²) < 4.78 is 82.9. The summed E-state index contributed by atoms with van der Waals surface area (Å²) in [6.07, 6.45) is 0. The zero-order chi connectivity index (χ0) is 28.1. The monoisotopic (exact) mass is 579 g/mol. The molecule has 0 heterocycles. The summed E-state index contributed by atoms with van der Waals surface area (Å²) in [6, 6.07) is 19.0. The lowest BCUT2D eigenvalue weighted by atomic mass is 10.2. The van der Waals surface area contributed by atoms with Crippen LogP contribution in [0.25, 0.3) is 0 Å². The predicted octanol–water partition coefficient (Wildman–Crippen LogP) is 2.90. The van der Waals surface area contributed by atoms with Gasteiger partial charge in [0.2, 0.25) is 30.1 Å². The number of hydrogen-bond donors (Lipinski definition) is 1. The highest BCUT2D eigenvalue weighted by Gasteiger charge is 2.28. The zero-order valence-electron chi connectivity index (χ0n) is 21.8. The van der Waals surface area contributed by atoms with Crippen molar-refractivity contribution in [3.8, 4) is 0 Å². The van der Waals surface area contributed by atoms with Crippen molar-refractivity contribution in [3.63, 3.8) is 0 Å². The Morgan fingerprint density at radius 3 is 1.39 bits per heavy atom. The van der Waals surface area contributed by atoms with Gasteiger partial charge in [0, 0.05) is 33.2 Å². The molecular formula is C26H33N3O6S3. The number of aryl methyl sites for hydroxylation is 3. The Labute approximate surface area is 226 Å². The van der Waals surface area contributed by atoms with Gasteiger partial charge in [0.05, 0.1) is 14.7 Å². The summed E-state index contributed by atoms with van der Waals surface area (Å²) in [7, 11) is -10.4. The van der Waals surface area contributed by atoms with E-state index < -0.39 is 30.1 Å². The van der Waals surface area contributed by atoms with E-state index in [1.54, 1.807) is 36.4 Å². The topological polar surface area (TPSA) is 121 Å². The summed E-state index contributed by atoms with van der Waals surface area (Å²) >= 11 is 0. The van der Waals surface area contributed by atoms with Gasteiger partial charge in [-0.25, -0.2) is 30.0 Å². The van der Waals surface area contributed by atoms with Crippen molar-refractivity contribution < 1.29 is 25.3 Å². The molecule has 12 heteroatoms. The smallest absolute Gasteiger partial charge is 0.210 e. The van der Waals surface area contributed by atoms with Gasteiger partial charge in [-0.1, -0.05) is 53.1 Å². The molecule has 0 aliphatic heterocycles. The average molecular weight is 580 g/mol. The van der Waals surface area contributed by atoms with Crippen LogP contribution in [0.5, 0.6) is 0 Å². The van der Waals surface area contributed by atoms with Crippen molar-refractivity contribution in [2.45, 2.75) is 35.5 Å². The predicted molar refractivity (Wildman–Crippen MR) is 147 cm³/mol. The quantitative estimate of drug-likeness (QED) is 0.352. The van der Waals surface area contributed by atoms with E-state index in [-0.39, 0.29) is 40.9 Å². The van der Waals surface area contributed by atoms with Crippen molar-refractivity contribution in [3.05, 3.63) is 89.5 Å². The minimum Gasteiger partial charge on any atom is -0.210 e. The molecule has 3 aromatic rings. The fourth-order valence-corrected chi connectivity index (χ4v) is 7.19. The third kappa shape index (κ3) is 7.28. The van der Waals surface area contributed by atoms with E-state index >= 15 is 0 Å². The van der Waals surface area contributed by atoms with Crippen molar-refractivity contribution >= 4 is 30.1 Å². The lowest BCUT2D eigenvalue weighted by Gasteiger charge is -2.25. The average Bonchev–Trinajstić information content (AvgIpc) is 2.86. The Bertz CT molecular complexity index is 1550. The molecule has 0 fully saturated rings. The first kappa shape index (κ1) is 29.9. The molecule has 0 bridgehead atoms. The van der Waals surface area contributed by atoms with Crippen LogP contribution in [-0.4, -0.2) is 67.1 Å². The highest BCUT2D eigenvalue weighted by Crippen LogP contribution is 2.19. The third-order valence-electron chi connectivity index (χ3n) is 6.04. The first-order chi connectivity index (χ1) is 17.7. The molecule has 0 aliphatic carbocycles. The summed E-state index contributed by atoms with van der Waals surface area (Å²) in [6.45, 7) is 4.82. The van der Waals surface area contributed by atoms with Crippen LogP contribution in [0.4, 0.5) is 0 Å². The highest BCUT2D eigenvalue weighted by molar-refractivity contribution is 7.90. The maximum atomic E-state index is 13.5. The standard InChI is InChI=1S/C26H33N3O6S3/c1-21-5-11-24(12-6-21)36(30,31)27-17-18-29(38(34,35)26-15-9-23(3)10-16-26)20-19-28(4)37(32,33)25-13-7-22(2)8-14-25/h5-16,27H,17-20H2,1-4H3. The third-order valence-corrected chi connectivity index (χ3v) is 11.3. The maximum absolute atomic E-state index is 13.5. The van der Waals surface area contributed by atoms with E-state index in [9.17, 15) is 25.3 Å². The Kier molecular flexibility index (Phi) is 9.50. The minimum absolute atomic E-state index is 0.0357. The lowest BCUT2D eigenvalue weighted by molar-refractivity contribution is 0.370. The maximum Gasteiger partial charge on any atom is 0.243 e. The molecule has 9 nitrogen and oxygen atoms in total. The molecule has 0 aromatic heterocycles. The Hall–Kier alpha value is -2.61.